The minimum absolute atomic E-state index is 0.0548. The third-order valence-corrected chi connectivity index (χ3v) is 9.03. The molecule has 244 valence electrons. The van der Waals surface area contributed by atoms with Gasteiger partial charge < -0.3 is 24.8 Å². The summed E-state index contributed by atoms with van der Waals surface area (Å²) in [4.78, 5) is 21.9. The Kier molecular flexibility index (Phi) is 10.2. The van der Waals surface area contributed by atoms with Crippen LogP contribution >= 0.6 is 7.75 Å². The van der Waals surface area contributed by atoms with Crippen molar-refractivity contribution in [2.24, 2.45) is 0 Å². The van der Waals surface area contributed by atoms with Gasteiger partial charge in [-0.05, 0) is 56.2 Å². The Labute approximate surface area is 267 Å². The summed E-state index contributed by atoms with van der Waals surface area (Å²) >= 11 is 0. The first-order chi connectivity index (χ1) is 22.0. The summed E-state index contributed by atoms with van der Waals surface area (Å²) in [6.45, 7) is 6.99. The first kappa shape index (κ1) is 33.3. The second-order valence-electron chi connectivity index (χ2n) is 11.2. The summed E-state index contributed by atoms with van der Waals surface area (Å²) in [6, 6.07) is 19.2. The minimum atomic E-state index is -4.33. The fourth-order valence-electron chi connectivity index (χ4n) is 5.11. The molecule has 2 heterocycles. The van der Waals surface area contributed by atoms with Crippen LogP contribution < -0.4 is 15.3 Å². The molecule has 0 unspecified atom stereocenters. The number of fused-ring (bicyclic) bond motifs is 4. The van der Waals surface area contributed by atoms with Gasteiger partial charge in [-0.1, -0.05) is 61.9 Å². The van der Waals surface area contributed by atoms with Crippen LogP contribution in [0.2, 0.25) is 0 Å². The largest absolute Gasteiger partial charge is 0.465 e. The number of esters is 1. The van der Waals surface area contributed by atoms with E-state index in [1.165, 1.54) is 13.8 Å². The lowest BCUT2D eigenvalue weighted by Gasteiger charge is -2.30. The highest BCUT2D eigenvalue weighted by Gasteiger charge is 2.38. The number of ether oxygens (including phenoxy) is 2. The zero-order valence-electron chi connectivity index (χ0n) is 26.4. The van der Waals surface area contributed by atoms with Gasteiger partial charge >= 0.3 is 13.7 Å². The number of benzene rings is 3. The van der Waals surface area contributed by atoms with E-state index in [0.717, 1.165) is 17.2 Å². The minimum Gasteiger partial charge on any atom is -0.465 e. The van der Waals surface area contributed by atoms with Crippen molar-refractivity contribution in [2.75, 3.05) is 25.6 Å². The van der Waals surface area contributed by atoms with Crippen LogP contribution in [0.5, 0.6) is 5.75 Å². The third kappa shape index (κ3) is 7.32. The molecule has 3 atom stereocenters. The summed E-state index contributed by atoms with van der Waals surface area (Å²) in [7, 11) is -4.33. The van der Waals surface area contributed by atoms with Gasteiger partial charge in [-0.25, -0.2) is 14.5 Å². The van der Waals surface area contributed by atoms with E-state index in [4.69, 9.17) is 24.3 Å². The average Bonchev–Trinajstić information content (AvgIpc) is 3.44. The second-order valence-corrected chi connectivity index (χ2v) is 12.9. The normalized spacial score (nSPS) is 15.1. The van der Waals surface area contributed by atoms with E-state index in [0.29, 0.717) is 40.8 Å². The van der Waals surface area contributed by atoms with Gasteiger partial charge in [-0.3, -0.25) is 13.9 Å². The number of unbranched alkanes of at least 4 members (excludes halogenated alkanes) is 1. The predicted molar refractivity (Wildman–Crippen MR) is 177 cm³/mol. The second kappa shape index (κ2) is 14.1. The first-order valence-corrected chi connectivity index (χ1v) is 16.8. The lowest BCUT2D eigenvalue weighted by atomic mass is 10.1. The number of hydrogen-bond acceptors (Lipinski definition) is 10. The fourth-order valence-corrected chi connectivity index (χ4v) is 6.68. The maximum atomic E-state index is 14.4. The van der Waals surface area contributed by atoms with E-state index >= 15 is 0 Å². The molecule has 0 spiro atoms. The number of imidazole rings is 1. The number of nitrogens with two attached hydrogens (primary N) is 1. The Hall–Kier alpha value is -4.06. The van der Waals surface area contributed by atoms with Crippen molar-refractivity contribution in [1.29, 1.82) is 0 Å². The molecule has 0 aliphatic heterocycles. The molecule has 0 saturated carbocycles. The standard InChI is InChI=1S/C33H40N5O7P/c1-5-7-18-43-32(39)22(3)37-46(41,45-25-17-16-23-12-8-9-13-24(23)19-25)44-21-33(4,40)38-28(20-42-6-2)36-29-30(38)26-14-10-11-15-27(26)35-31(29)34/h8-17,19,22,40H,5-7,18,20-21H2,1-4H3,(H2,34,35)(H,37,41)/t22-,33-,46-/m0/s1. The molecular weight excluding hydrogens is 609 g/mol. The third-order valence-electron chi connectivity index (χ3n) is 7.41. The van der Waals surface area contributed by atoms with Gasteiger partial charge in [0.05, 0.1) is 17.6 Å². The maximum absolute atomic E-state index is 14.4. The average molecular weight is 650 g/mol. The molecule has 0 aliphatic rings. The molecule has 13 heteroatoms. The van der Waals surface area contributed by atoms with Crippen molar-refractivity contribution >= 4 is 52.2 Å². The number of nitrogens with zero attached hydrogens (tertiary/aromatic N) is 3. The van der Waals surface area contributed by atoms with Crippen molar-refractivity contribution in [3.05, 3.63) is 72.6 Å². The van der Waals surface area contributed by atoms with Gasteiger partial charge in [-0.15, -0.1) is 0 Å². The van der Waals surface area contributed by atoms with Gasteiger partial charge in [0.1, 0.15) is 36.3 Å². The Bertz CT molecular complexity index is 1890. The molecule has 0 bridgehead atoms. The number of pyridine rings is 1. The molecule has 0 radical (unpaired) electrons. The summed E-state index contributed by atoms with van der Waals surface area (Å²) in [5, 5.41) is 17.3. The fraction of sp³-hybridized carbons (Fsp3) is 0.364. The number of carbonyl (C=O) groups is 1. The predicted octanol–water partition coefficient (Wildman–Crippen LogP) is 6.05. The number of carbonyl (C=O) groups excluding carboxylic acids is 1. The van der Waals surface area contributed by atoms with Crippen LogP contribution in [0, 0.1) is 0 Å². The number of anilines is 1. The number of hydrogen-bond donors (Lipinski definition) is 3. The molecule has 4 N–H and O–H groups in total. The van der Waals surface area contributed by atoms with Crippen LogP contribution in [0.1, 0.15) is 46.4 Å². The maximum Gasteiger partial charge on any atom is 0.459 e. The molecule has 12 nitrogen and oxygen atoms in total. The van der Waals surface area contributed by atoms with Crippen molar-refractivity contribution in [3.63, 3.8) is 0 Å². The molecule has 5 aromatic rings. The van der Waals surface area contributed by atoms with Crippen molar-refractivity contribution in [1.82, 2.24) is 19.6 Å². The number of nitrogen functional groups attached to an aromatic ring is 1. The molecule has 0 fully saturated rings. The van der Waals surface area contributed by atoms with Crippen LogP contribution in [0.15, 0.2) is 66.7 Å². The van der Waals surface area contributed by atoms with Crippen LogP contribution in [0.3, 0.4) is 0 Å². The Morgan fingerprint density at radius 3 is 2.59 bits per heavy atom. The molecule has 5 rings (SSSR count). The molecule has 0 aliphatic carbocycles. The molecule has 46 heavy (non-hydrogen) atoms. The summed E-state index contributed by atoms with van der Waals surface area (Å²) in [6.07, 6.45) is 1.54. The van der Waals surface area contributed by atoms with Gasteiger partial charge in [0, 0.05) is 12.0 Å². The first-order valence-electron chi connectivity index (χ1n) is 15.3. The Morgan fingerprint density at radius 1 is 1.09 bits per heavy atom. The molecule has 0 amide bonds. The topological polar surface area (TPSA) is 160 Å². The van der Waals surface area contributed by atoms with E-state index in [1.807, 2.05) is 68.4 Å². The quantitative estimate of drug-likeness (QED) is 0.0689. The van der Waals surface area contributed by atoms with Crippen molar-refractivity contribution in [2.45, 2.75) is 58.9 Å². The van der Waals surface area contributed by atoms with E-state index in [2.05, 4.69) is 15.1 Å². The highest BCUT2D eigenvalue weighted by Crippen LogP contribution is 2.47. The Morgan fingerprint density at radius 2 is 1.83 bits per heavy atom. The van der Waals surface area contributed by atoms with E-state index in [-0.39, 0.29) is 24.8 Å². The Balaban J connectivity index is 1.51. The SMILES string of the molecule is CCCCOC(=O)[C@H](C)N[P@](=O)(OC[C@](C)(O)n1c(COCC)nc2c(N)nc3ccccc3c21)Oc1ccc2ccccc2c1. The van der Waals surface area contributed by atoms with Crippen molar-refractivity contribution in [3.8, 4) is 5.75 Å². The molecule has 2 aromatic heterocycles. The lowest BCUT2D eigenvalue weighted by molar-refractivity contribution is -0.145. The molecule has 3 aromatic carbocycles. The number of para-hydroxylation sites is 1. The van der Waals surface area contributed by atoms with Gasteiger partial charge in [-0.2, -0.15) is 5.09 Å². The number of aliphatic hydroxyl groups is 1. The van der Waals surface area contributed by atoms with Crippen LogP contribution in [-0.2, 0) is 35.7 Å². The molecular formula is C33H40N5O7P. The van der Waals surface area contributed by atoms with Gasteiger partial charge in [0.2, 0.25) is 0 Å². The van der Waals surface area contributed by atoms with Gasteiger partial charge in [0.25, 0.3) is 0 Å². The number of aromatic nitrogens is 3. The zero-order chi connectivity index (χ0) is 32.9. The number of nitrogens with one attached hydrogen (secondary N) is 1. The highest BCUT2D eigenvalue weighted by molar-refractivity contribution is 7.52. The van der Waals surface area contributed by atoms with Crippen LogP contribution in [-0.4, -0.2) is 51.5 Å². The van der Waals surface area contributed by atoms with Crippen molar-refractivity contribution < 1.29 is 33.0 Å². The van der Waals surface area contributed by atoms with Crippen LogP contribution in [0.25, 0.3) is 32.7 Å². The summed E-state index contributed by atoms with van der Waals surface area (Å²) in [5.41, 5.74) is 5.96. The van der Waals surface area contributed by atoms with Gasteiger partial charge in [0.15, 0.2) is 11.5 Å². The van der Waals surface area contributed by atoms with E-state index in [1.54, 1.807) is 16.7 Å². The summed E-state index contributed by atoms with van der Waals surface area (Å²) in [5.74, 6) is 0.182. The van der Waals surface area contributed by atoms with E-state index < -0.39 is 32.1 Å². The zero-order valence-corrected chi connectivity index (χ0v) is 27.3. The lowest BCUT2D eigenvalue weighted by Crippen LogP contribution is -2.39. The smallest absolute Gasteiger partial charge is 0.459 e. The highest BCUT2D eigenvalue weighted by atomic mass is 31.2. The summed E-state index contributed by atoms with van der Waals surface area (Å²) < 4.78 is 38.9. The number of rotatable bonds is 15. The monoisotopic (exact) mass is 649 g/mol. The van der Waals surface area contributed by atoms with E-state index in [9.17, 15) is 14.5 Å². The molecule has 0 saturated heterocycles. The van der Waals surface area contributed by atoms with Crippen LogP contribution in [0.4, 0.5) is 5.82 Å².